The lowest BCUT2D eigenvalue weighted by Crippen LogP contribution is -2.23. The molecule has 132 valence electrons. The summed E-state index contributed by atoms with van der Waals surface area (Å²) in [6.45, 7) is -1.82. The lowest BCUT2D eigenvalue weighted by atomic mass is 10.1. The molecule has 0 aliphatic rings. The van der Waals surface area contributed by atoms with Crippen LogP contribution in [0.3, 0.4) is 0 Å². The maximum atomic E-state index is 13.3. The Morgan fingerprint density at radius 2 is 1.83 bits per heavy atom. The topological polar surface area (TPSA) is 42.1 Å². The molecule has 1 N–H and O–H groups in total. The number of para-hydroxylation sites is 1. The molecule has 0 aliphatic heterocycles. The molecule has 0 fully saturated rings. The Morgan fingerprint density at radius 1 is 1.17 bits per heavy atom. The second-order valence-electron chi connectivity index (χ2n) is 4.80. The second kappa shape index (κ2) is 6.96. The van der Waals surface area contributed by atoms with Crippen molar-refractivity contribution in [3.8, 4) is 0 Å². The lowest BCUT2D eigenvalue weighted by Gasteiger charge is -2.19. The quantitative estimate of drug-likeness (QED) is 0.617. The number of carbonyl (C=O) groups excluding carboxylic acids is 1. The smallest absolute Gasteiger partial charge is 0.422 e. The van der Waals surface area contributed by atoms with Gasteiger partial charge in [0.25, 0.3) is 0 Å². The number of nitrogens with one attached hydrogen (secondary N) is 1. The molecular formula is C14H11F6NO2S. The van der Waals surface area contributed by atoms with E-state index < -0.39 is 35.9 Å². The molecule has 0 amide bonds. The first-order valence-electron chi connectivity index (χ1n) is 6.54. The van der Waals surface area contributed by atoms with Crippen molar-refractivity contribution in [3.05, 3.63) is 36.0 Å². The van der Waals surface area contributed by atoms with Crippen molar-refractivity contribution >= 4 is 28.6 Å². The Balaban J connectivity index is 2.12. The molecule has 2 aromatic rings. The number of hydrogen-bond donors (Lipinski definition) is 1. The molecule has 0 saturated heterocycles. The highest BCUT2D eigenvalue weighted by molar-refractivity contribution is 8.00. The summed E-state index contributed by atoms with van der Waals surface area (Å²) in [7, 11) is 0. The summed E-state index contributed by atoms with van der Waals surface area (Å²) in [5.41, 5.74) is 0.397. The van der Waals surface area contributed by atoms with Gasteiger partial charge in [0.05, 0.1) is 5.75 Å². The third-order valence-electron chi connectivity index (χ3n) is 2.97. The number of thioether (sulfide) groups is 1. The normalized spacial score (nSPS) is 13.9. The molecule has 2 rings (SSSR count). The fraction of sp³-hybridized carbons (Fsp3) is 0.357. The summed E-state index contributed by atoms with van der Waals surface area (Å²) in [6.07, 6.45) is -8.22. The van der Waals surface area contributed by atoms with Crippen LogP contribution in [0.5, 0.6) is 0 Å². The van der Waals surface area contributed by atoms with E-state index in [1.54, 1.807) is 18.2 Å². The molecule has 0 spiro atoms. The molecule has 24 heavy (non-hydrogen) atoms. The van der Waals surface area contributed by atoms with Crippen LogP contribution in [0.4, 0.5) is 26.3 Å². The number of esters is 1. The van der Waals surface area contributed by atoms with E-state index in [0.29, 0.717) is 10.9 Å². The maximum Gasteiger partial charge on any atom is 0.422 e. The summed E-state index contributed by atoms with van der Waals surface area (Å²) < 4.78 is 79.5. The molecule has 1 aromatic heterocycles. The average molecular weight is 371 g/mol. The van der Waals surface area contributed by atoms with Gasteiger partial charge in [0.15, 0.2) is 6.61 Å². The van der Waals surface area contributed by atoms with E-state index in [1.807, 2.05) is 0 Å². The van der Waals surface area contributed by atoms with E-state index in [2.05, 4.69) is 9.72 Å². The Labute approximate surface area is 136 Å². The highest BCUT2D eigenvalue weighted by Crippen LogP contribution is 2.45. The molecule has 1 unspecified atom stereocenters. The molecule has 0 saturated carbocycles. The number of aromatic nitrogens is 1. The number of rotatable bonds is 5. The van der Waals surface area contributed by atoms with Gasteiger partial charge >= 0.3 is 18.3 Å². The molecule has 1 heterocycles. The van der Waals surface area contributed by atoms with Crippen LogP contribution < -0.4 is 0 Å². The van der Waals surface area contributed by atoms with Crippen LogP contribution in [-0.4, -0.2) is 35.7 Å². The minimum absolute atomic E-state index is 0.0910. The Hall–Kier alpha value is -1.84. The number of fused-ring (bicyclic) bond motifs is 1. The number of carbonyl (C=O) groups is 1. The fourth-order valence-corrected chi connectivity index (χ4v) is 2.98. The van der Waals surface area contributed by atoms with Gasteiger partial charge in [-0.15, -0.1) is 11.8 Å². The van der Waals surface area contributed by atoms with E-state index in [-0.39, 0.29) is 17.3 Å². The minimum atomic E-state index is -4.72. The van der Waals surface area contributed by atoms with E-state index >= 15 is 0 Å². The zero-order valence-electron chi connectivity index (χ0n) is 11.9. The third-order valence-corrected chi connectivity index (χ3v) is 4.22. The first-order valence-corrected chi connectivity index (χ1v) is 7.59. The summed E-state index contributed by atoms with van der Waals surface area (Å²) in [5.74, 6) is -2.20. The molecule has 0 aliphatic carbocycles. The predicted molar refractivity (Wildman–Crippen MR) is 76.6 cm³/mol. The highest BCUT2D eigenvalue weighted by Gasteiger charge is 2.43. The first-order chi connectivity index (χ1) is 11.1. The Bertz CT molecular complexity index is 709. The van der Waals surface area contributed by atoms with Gasteiger partial charge in [0, 0.05) is 17.1 Å². The van der Waals surface area contributed by atoms with Crippen molar-refractivity contribution < 1.29 is 35.9 Å². The van der Waals surface area contributed by atoms with Crippen molar-refractivity contribution in [1.82, 2.24) is 4.98 Å². The molecule has 0 radical (unpaired) electrons. The van der Waals surface area contributed by atoms with Crippen LogP contribution in [0.2, 0.25) is 0 Å². The van der Waals surface area contributed by atoms with E-state index in [0.717, 1.165) is 0 Å². The van der Waals surface area contributed by atoms with Gasteiger partial charge in [0.2, 0.25) is 0 Å². The van der Waals surface area contributed by atoms with Crippen LogP contribution >= 0.6 is 11.8 Å². The lowest BCUT2D eigenvalue weighted by molar-refractivity contribution is -0.184. The van der Waals surface area contributed by atoms with Crippen molar-refractivity contribution in [2.24, 2.45) is 0 Å². The summed E-state index contributed by atoms with van der Waals surface area (Å²) in [4.78, 5) is 13.9. The SMILES string of the molecule is O=C(CSC(c1c[nH]c2ccccc12)C(F)(F)F)OCC(F)(F)F. The van der Waals surface area contributed by atoms with Crippen LogP contribution in [0.25, 0.3) is 10.9 Å². The van der Waals surface area contributed by atoms with Gasteiger partial charge < -0.3 is 9.72 Å². The number of ether oxygens (including phenoxy) is 1. The van der Waals surface area contributed by atoms with Gasteiger partial charge in [-0.3, -0.25) is 4.79 Å². The first kappa shape index (κ1) is 18.5. The number of alkyl halides is 6. The highest BCUT2D eigenvalue weighted by atomic mass is 32.2. The molecule has 3 nitrogen and oxygen atoms in total. The van der Waals surface area contributed by atoms with Gasteiger partial charge in [-0.1, -0.05) is 18.2 Å². The maximum absolute atomic E-state index is 13.3. The molecule has 0 bridgehead atoms. The standard InChI is InChI=1S/C14H11F6NO2S/c15-13(16,17)7-23-11(22)6-24-12(14(18,19)20)9-5-21-10-4-2-1-3-8(9)10/h1-5,12,21H,6-7H2. The van der Waals surface area contributed by atoms with Crippen molar-refractivity contribution in [3.63, 3.8) is 0 Å². The summed E-state index contributed by atoms with van der Waals surface area (Å²) in [6, 6.07) is 6.29. The van der Waals surface area contributed by atoms with Crippen molar-refractivity contribution in [2.45, 2.75) is 17.6 Å². The van der Waals surface area contributed by atoms with Crippen molar-refractivity contribution in [2.75, 3.05) is 12.4 Å². The zero-order valence-corrected chi connectivity index (χ0v) is 12.7. The Morgan fingerprint density at radius 3 is 2.46 bits per heavy atom. The van der Waals surface area contributed by atoms with Crippen LogP contribution in [-0.2, 0) is 9.53 Å². The van der Waals surface area contributed by atoms with Gasteiger partial charge in [-0.25, -0.2) is 0 Å². The summed E-state index contributed by atoms with van der Waals surface area (Å²) >= 11 is 0.173. The monoisotopic (exact) mass is 371 g/mol. The third kappa shape index (κ3) is 4.83. The molecule has 1 atom stereocenters. The largest absolute Gasteiger partial charge is 0.455 e. The number of benzene rings is 1. The van der Waals surface area contributed by atoms with E-state index in [4.69, 9.17) is 0 Å². The number of aromatic amines is 1. The van der Waals surface area contributed by atoms with Gasteiger partial charge in [-0.05, 0) is 11.6 Å². The van der Waals surface area contributed by atoms with Crippen molar-refractivity contribution in [1.29, 1.82) is 0 Å². The molecule has 10 heteroatoms. The van der Waals surface area contributed by atoms with Crippen LogP contribution in [0.1, 0.15) is 10.8 Å². The fourth-order valence-electron chi connectivity index (χ4n) is 2.03. The number of hydrogen-bond acceptors (Lipinski definition) is 3. The van der Waals surface area contributed by atoms with Crippen LogP contribution in [0, 0.1) is 0 Å². The number of halogens is 6. The van der Waals surface area contributed by atoms with Crippen LogP contribution in [0.15, 0.2) is 30.5 Å². The van der Waals surface area contributed by atoms with Gasteiger partial charge in [0.1, 0.15) is 5.25 Å². The zero-order chi connectivity index (χ0) is 18.0. The molecule has 1 aromatic carbocycles. The number of H-pyrrole nitrogens is 1. The summed E-state index contributed by atoms with van der Waals surface area (Å²) in [5, 5.41) is -1.73. The Kier molecular flexibility index (Phi) is 5.36. The average Bonchev–Trinajstić information content (AvgIpc) is 2.87. The van der Waals surface area contributed by atoms with Gasteiger partial charge in [-0.2, -0.15) is 26.3 Å². The second-order valence-corrected chi connectivity index (χ2v) is 5.89. The predicted octanol–water partition coefficient (Wildman–Crippen LogP) is 4.61. The van der Waals surface area contributed by atoms with E-state index in [9.17, 15) is 31.1 Å². The minimum Gasteiger partial charge on any atom is -0.455 e. The van der Waals surface area contributed by atoms with E-state index in [1.165, 1.54) is 12.3 Å². The molecular weight excluding hydrogens is 360 g/mol.